The SMILES string of the molecule is Cc1ccc2c(c1)N(C)CC(CC1=NCCN1)O2.O=C(O)C(=O)O. The Morgan fingerprint density at radius 3 is 2.67 bits per heavy atom. The number of aliphatic carboxylic acids is 2. The van der Waals surface area contributed by atoms with E-state index in [0.29, 0.717) is 0 Å². The predicted octanol–water partition coefficient (Wildman–Crippen LogP) is 0.740. The predicted molar refractivity (Wildman–Crippen MR) is 89.1 cm³/mol. The molecule has 0 saturated carbocycles. The number of amidine groups is 1. The number of carboxylic acid groups (broad SMARTS) is 2. The number of anilines is 1. The molecule has 0 fully saturated rings. The smallest absolute Gasteiger partial charge is 0.414 e. The number of nitrogens with one attached hydrogen (secondary N) is 1. The monoisotopic (exact) mass is 335 g/mol. The molecule has 2 aliphatic heterocycles. The maximum Gasteiger partial charge on any atom is 0.414 e. The minimum Gasteiger partial charge on any atom is -0.486 e. The molecule has 0 aromatic heterocycles. The van der Waals surface area contributed by atoms with Gasteiger partial charge in [-0.05, 0) is 24.6 Å². The first-order valence-corrected chi connectivity index (χ1v) is 7.58. The van der Waals surface area contributed by atoms with Gasteiger partial charge in [-0.15, -0.1) is 0 Å². The zero-order valence-corrected chi connectivity index (χ0v) is 13.7. The van der Waals surface area contributed by atoms with E-state index in [4.69, 9.17) is 24.5 Å². The lowest BCUT2D eigenvalue weighted by Gasteiger charge is -2.34. The van der Waals surface area contributed by atoms with Gasteiger partial charge in [0.15, 0.2) is 0 Å². The van der Waals surface area contributed by atoms with Gasteiger partial charge in [0, 0.05) is 20.0 Å². The Morgan fingerprint density at radius 1 is 1.38 bits per heavy atom. The number of benzene rings is 1. The van der Waals surface area contributed by atoms with Crippen LogP contribution in [0.5, 0.6) is 5.75 Å². The van der Waals surface area contributed by atoms with Crippen LogP contribution in [0.25, 0.3) is 0 Å². The van der Waals surface area contributed by atoms with Crippen molar-refractivity contribution in [2.75, 3.05) is 31.6 Å². The molecule has 3 N–H and O–H groups in total. The highest BCUT2D eigenvalue weighted by Crippen LogP contribution is 2.33. The van der Waals surface area contributed by atoms with Crippen LogP contribution in [0.4, 0.5) is 5.69 Å². The largest absolute Gasteiger partial charge is 0.486 e. The van der Waals surface area contributed by atoms with Gasteiger partial charge in [0.25, 0.3) is 0 Å². The summed E-state index contributed by atoms with van der Waals surface area (Å²) in [6.07, 6.45) is 1.06. The van der Waals surface area contributed by atoms with Gasteiger partial charge in [-0.25, -0.2) is 9.59 Å². The molecule has 3 rings (SSSR count). The molecule has 8 nitrogen and oxygen atoms in total. The Balaban J connectivity index is 0.000000301. The van der Waals surface area contributed by atoms with Crippen LogP contribution in [0.15, 0.2) is 23.2 Å². The minimum absolute atomic E-state index is 0.189. The third kappa shape index (κ3) is 4.61. The molecule has 130 valence electrons. The molecule has 0 bridgehead atoms. The van der Waals surface area contributed by atoms with Crippen molar-refractivity contribution in [1.29, 1.82) is 0 Å². The number of aliphatic imine (C=N–C) groups is 1. The van der Waals surface area contributed by atoms with Crippen molar-refractivity contribution in [3.8, 4) is 5.75 Å². The Morgan fingerprint density at radius 2 is 2.08 bits per heavy atom. The van der Waals surface area contributed by atoms with Crippen molar-refractivity contribution in [2.24, 2.45) is 4.99 Å². The summed E-state index contributed by atoms with van der Waals surface area (Å²) in [5.74, 6) is -1.58. The summed E-state index contributed by atoms with van der Waals surface area (Å²) in [5.41, 5.74) is 2.46. The molecule has 0 spiro atoms. The maximum atomic E-state index is 9.10. The molecule has 0 saturated heterocycles. The Kier molecular flexibility index (Phi) is 5.62. The van der Waals surface area contributed by atoms with Gasteiger partial charge in [0.2, 0.25) is 0 Å². The van der Waals surface area contributed by atoms with E-state index in [9.17, 15) is 0 Å². The second-order valence-corrected chi connectivity index (χ2v) is 5.66. The molecular formula is C16H21N3O5. The van der Waals surface area contributed by atoms with Gasteiger partial charge < -0.3 is 25.2 Å². The number of fused-ring (bicyclic) bond motifs is 1. The molecule has 2 aliphatic rings. The number of ether oxygens (including phenoxy) is 1. The lowest BCUT2D eigenvalue weighted by atomic mass is 10.1. The van der Waals surface area contributed by atoms with Crippen LogP contribution in [0.2, 0.25) is 0 Å². The standard InChI is InChI=1S/C14H19N3O.C2H2O4/c1-10-3-4-13-12(7-10)17(2)9-11(18-13)8-14-15-5-6-16-14;3-1(4)2(5)6/h3-4,7,11H,5-6,8-9H2,1-2H3,(H,15,16);(H,3,4)(H,5,6). The summed E-state index contributed by atoms with van der Waals surface area (Å²) in [4.78, 5) is 24.9. The second-order valence-electron chi connectivity index (χ2n) is 5.66. The van der Waals surface area contributed by atoms with Crippen LogP contribution >= 0.6 is 0 Å². The number of rotatable bonds is 2. The fraction of sp³-hybridized carbons (Fsp3) is 0.438. The molecule has 1 aromatic rings. The minimum atomic E-state index is -1.82. The van der Waals surface area contributed by atoms with Crippen molar-refractivity contribution in [2.45, 2.75) is 19.4 Å². The van der Waals surface area contributed by atoms with E-state index < -0.39 is 11.9 Å². The van der Waals surface area contributed by atoms with Gasteiger partial charge in [-0.3, -0.25) is 4.99 Å². The molecule has 8 heteroatoms. The third-order valence-electron chi connectivity index (χ3n) is 3.64. The third-order valence-corrected chi connectivity index (χ3v) is 3.64. The summed E-state index contributed by atoms with van der Waals surface area (Å²) < 4.78 is 6.06. The van der Waals surface area contributed by atoms with Crippen LogP contribution < -0.4 is 15.0 Å². The average molecular weight is 335 g/mol. The molecule has 1 aromatic carbocycles. The van der Waals surface area contributed by atoms with Crippen molar-refractivity contribution in [1.82, 2.24) is 5.32 Å². The fourth-order valence-corrected chi connectivity index (χ4v) is 2.55. The van der Waals surface area contributed by atoms with Crippen LogP contribution in [0.3, 0.4) is 0 Å². The first kappa shape index (κ1) is 17.6. The van der Waals surface area contributed by atoms with Crippen molar-refractivity contribution in [3.05, 3.63) is 23.8 Å². The van der Waals surface area contributed by atoms with Gasteiger partial charge in [0.05, 0.1) is 18.8 Å². The molecular weight excluding hydrogens is 314 g/mol. The van der Waals surface area contributed by atoms with E-state index in [1.807, 2.05) is 0 Å². The quantitative estimate of drug-likeness (QED) is 0.683. The first-order chi connectivity index (χ1) is 11.4. The summed E-state index contributed by atoms with van der Waals surface area (Å²) in [7, 11) is 2.12. The van der Waals surface area contributed by atoms with E-state index in [-0.39, 0.29) is 6.10 Å². The average Bonchev–Trinajstić information content (AvgIpc) is 3.01. The highest BCUT2D eigenvalue weighted by molar-refractivity contribution is 6.27. The zero-order valence-electron chi connectivity index (χ0n) is 13.7. The Hall–Kier alpha value is -2.77. The molecule has 0 radical (unpaired) electrons. The van der Waals surface area contributed by atoms with Gasteiger partial charge >= 0.3 is 11.9 Å². The zero-order chi connectivity index (χ0) is 17.7. The highest BCUT2D eigenvalue weighted by atomic mass is 16.5. The Labute approximate surface area is 139 Å². The van der Waals surface area contributed by atoms with Crippen LogP contribution in [0.1, 0.15) is 12.0 Å². The van der Waals surface area contributed by atoms with Crippen molar-refractivity contribution < 1.29 is 24.5 Å². The van der Waals surface area contributed by atoms with E-state index in [2.05, 4.69) is 47.4 Å². The van der Waals surface area contributed by atoms with Crippen LogP contribution in [-0.2, 0) is 9.59 Å². The van der Waals surface area contributed by atoms with Crippen molar-refractivity contribution >= 4 is 23.5 Å². The fourth-order valence-electron chi connectivity index (χ4n) is 2.55. The molecule has 1 atom stereocenters. The number of aryl methyl sites for hydroxylation is 1. The van der Waals surface area contributed by atoms with Crippen molar-refractivity contribution in [3.63, 3.8) is 0 Å². The van der Waals surface area contributed by atoms with E-state index in [1.54, 1.807) is 0 Å². The number of carbonyl (C=O) groups is 2. The van der Waals surface area contributed by atoms with E-state index in [0.717, 1.165) is 37.6 Å². The number of carboxylic acids is 2. The first-order valence-electron chi connectivity index (χ1n) is 7.58. The summed E-state index contributed by atoms with van der Waals surface area (Å²) >= 11 is 0. The van der Waals surface area contributed by atoms with Crippen LogP contribution in [-0.4, -0.2) is 60.8 Å². The second kappa shape index (κ2) is 7.67. The van der Waals surface area contributed by atoms with E-state index >= 15 is 0 Å². The number of hydrogen-bond acceptors (Lipinski definition) is 6. The molecule has 1 unspecified atom stereocenters. The normalized spacial score (nSPS) is 18.3. The molecule has 0 aliphatic carbocycles. The van der Waals surface area contributed by atoms with Crippen LogP contribution in [0, 0.1) is 6.92 Å². The van der Waals surface area contributed by atoms with E-state index in [1.165, 1.54) is 11.3 Å². The number of nitrogens with zero attached hydrogens (tertiary/aromatic N) is 2. The van der Waals surface area contributed by atoms with Gasteiger partial charge in [-0.2, -0.15) is 0 Å². The summed E-state index contributed by atoms with van der Waals surface area (Å²) in [5, 5.41) is 18.1. The number of hydrogen-bond donors (Lipinski definition) is 3. The summed E-state index contributed by atoms with van der Waals surface area (Å²) in [6, 6.07) is 6.34. The molecule has 2 heterocycles. The lowest BCUT2D eigenvalue weighted by Crippen LogP contribution is -2.40. The lowest BCUT2D eigenvalue weighted by molar-refractivity contribution is -0.159. The Bertz CT molecular complexity index is 647. The number of likely N-dealkylation sites (N-methyl/N-ethyl adjacent to an activating group) is 1. The highest BCUT2D eigenvalue weighted by Gasteiger charge is 2.25. The molecule has 24 heavy (non-hydrogen) atoms. The van der Waals surface area contributed by atoms with Gasteiger partial charge in [0.1, 0.15) is 17.7 Å². The van der Waals surface area contributed by atoms with Gasteiger partial charge in [-0.1, -0.05) is 6.07 Å². The maximum absolute atomic E-state index is 9.10. The summed E-state index contributed by atoms with van der Waals surface area (Å²) in [6.45, 7) is 4.88. The topological polar surface area (TPSA) is 111 Å². The molecule has 0 amide bonds.